The van der Waals surface area contributed by atoms with Crippen LogP contribution in [0, 0.1) is 18.3 Å². The van der Waals surface area contributed by atoms with E-state index in [-0.39, 0.29) is 12.5 Å². The predicted octanol–water partition coefficient (Wildman–Crippen LogP) is 1.15. The van der Waals surface area contributed by atoms with E-state index in [1.807, 2.05) is 6.92 Å². The van der Waals surface area contributed by atoms with Gasteiger partial charge in [-0.2, -0.15) is 0 Å². The summed E-state index contributed by atoms with van der Waals surface area (Å²) in [4.78, 5) is 24.2. The van der Waals surface area contributed by atoms with Gasteiger partial charge in [0.05, 0.1) is 6.54 Å². The van der Waals surface area contributed by atoms with Gasteiger partial charge in [-0.15, -0.1) is 6.42 Å². The van der Waals surface area contributed by atoms with Gasteiger partial charge >= 0.3 is 12.0 Å². The number of nitrogens with zero attached hydrogens (tertiary/aromatic N) is 1. The molecule has 0 heterocycles. The van der Waals surface area contributed by atoms with Gasteiger partial charge in [-0.3, -0.25) is 0 Å². The number of rotatable bonds is 6. The van der Waals surface area contributed by atoms with E-state index in [0.717, 1.165) is 0 Å². The summed E-state index contributed by atoms with van der Waals surface area (Å²) < 4.78 is 0. The molecule has 0 spiro atoms. The summed E-state index contributed by atoms with van der Waals surface area (Å²) in [5, 5.41) is 11.5. The molecule has 96 valence electrons. The minimum absolute atomic E-state index is 0.124. The third-order valence-corrected chi connectivity index (χ3v) is 2.71. The zero-order valence-electron chi connectivity index (χ0n) is 10.6. The molecule has 2 atom stereocenters. The van der Waals surface area contributed by atoms with Crippen molar-refractivity contribution in [2.75, 3.05) is 13.1 Å². The first-order valence-electron chi connectivity index (χ1n) is 5.69. The fourth-order valence-electron chi connectivity index (χ4n) is 1.34. The number of amides is 2. The fourth-order valence-corrected chi connectivity index (χ4v) is 1.34. The van der Waals surface area contributed by atoms with Gasteiger partial charge in [-0.05, 0) is 12.8 Å². The number of hydrogen-bond acceptors (Lipinski definition) is 2. The topological polar surface area (TPSA) is 69.6 Å². The quantitative estimate of drug-likeness (QED) is 0.684. The Morgan fingerprint density at radius 2 is 2.06 bits per heavy atom. The molecule has 0 fully saturated rings. The van der Waals surface area contributed by atoms with Crippen molar-refractivity contribution in [1.82, 2.24) is 10.2 Å². The maximum absolute atomic E-state index is 11.8. The molecule has 0 saturated heterocycles. The molecule has 0 rings (SSSR count). The summed E-state index contributed by atoms with van der Waals surface area (Å²) in [5.41, 5.74) is 0. The van der Waals surface area contributed by atoms with Gasteiger partial charge in [0.25, 0.3) is 0 Å². The molecule has 0 aliphatic carbocycles. The Morgan fingerprint density at radius 3 is 2.41 bits per heavy atom. The lowest BCUT2D eigenvalue weighted by Gasteiger charge is -2.25. The van der Waals surface area contributed by atoms with E-state index in [0.29, 0.717) is 13.0 Å². The van der Waals surface area contributed by atoms with Crippen LogP contribution in [0.2, 0.25) is 0 Å². The minimum Gasteiger partial charge on any atom is -0.480 e. The highest BCUT2D eigenvalue weighted by Gasteiger charge is 2.26. The van der Waals surface area contributed by atoms with E-state index in [2.05, 4.69) is 11.2 Å². The van der Waals surface area contributed by atoms with Gasteiger partial charge in [0.1, 0.15) is 6.04 Å². The second-order valence-electron chi connectivity index (χ2n) is 3.87. The van der Waals surface area contributed by atoms with Crippen molar-refractivity contribution in [3.8, 4) is 12.3 Å². The summed E-state index contributed by atoms with van der Waals surface area (Å²) in [5.74, 6) is 1.22. The van der Waals surface area contributed by atoms with Crippen molar-refractivity contribution in [2.24, 2.45) is 5.92 Å². The first kappa shape index (κ1) is 15.3. The summed E-state index contributed by atoms with van der Waals surface area (Å²) in [6.07, 6.45) is 5.81. The normalized spacial score (nSPS) is 13.3. The van der Waals surface area contributed by atoms with Gasteiger partial charge in [0.2, 0.25) is 0 Å². The molecule has 2 N–H and O–H groups in total. The van der Waals surface area contributed by atoms with Crippen molar-refractivity contribution in [3.05, 3.63) is 0 Å². The van der Waals surface area contributed by atoms with Gasteiger partial charge in [-0.1, -0.05) is 26.2 Å². The van der Waals surface area contributed by atoms with Crippen molar-refractivity contribution in [2.45, 2.75) is 33.2 Å². The molecule has 2 unspecified atom stereocenters. The Hall–Kier alpha value is -1.70. The van der Waals surface area contributed by atoms with E-state index in [9.17, 15) is 9.59 Å². The summed E-state index contributed by atoms with van der Waals surface area (Å²) in [6.45, 7) is 6.08. The number of terminal acetylenes is 1. The van der Waals surface area contributed by atoms with Gasteiger partial charge in [-0.25, -0.2) is 9.59 Å². The zero-order valence-corrected chi connectivity index (χ0v) is 10.6. The van der Waals surface area contributed by atoms with Gasteiger partial charge in [0.15, 0.2) is 0 Å². The van der Waals surface area contributed by atoms with E-state index in [4.69, 9.17) is 11.5 Å². The van der Waals surface area contributed by atoms with Crippen LogP contribution in [0.25, 0.3) is 0 Å². The number of urea groups is 1. The molecule has 0 radical (unpaired) electrons. The van der Waals surface area contributed by atoms with Crippen LogP contribution < -0.4 is 5.32 Å². The molecule has 0 aromatic carbocycles. The van der Waals surface area contributed by atoms with Crippen LogP contribution in [0.5, 0.6) is 0 Å². The highest BCUT2D eigenvalue weighted by Crippen LogP contribution is 2.08. The van der Waals surface area contributed by atoms with Crippen molar-refractivity contribution >= 4 is 12.0 Å². The first-order valence-corrected chi connectivity index (χ1v) is 5.69. The summed E-state index contributed by atoms with van der Waals surface area (Å²) >= 11 is 0. The summed E-state index contributed by atoms with van der Waals surface area (Å²) in [6, 6.07) is -1.31. The molecular weight excluding hydrogens is 220 g/mol. The van der Waals surface area contributed by atoms with E-state index < -0.39 is 18.0 Å². The van der Waals surface area contributed by atoms with Crippen LogP contribution >= 0.6 is 0 Å². The maximum Gasteiger partial charge on any atom is 0.326 e. The molecule has 0 aromatic rings. The third kappa shape index (κ3) is 4.77. The first-order chi connectivity index (χ1) is 7.97. The van der Waals surface area contributed by atoms with Crippen LogP contribution in [0.15, 0.2) is 0 Å². The number of nitrogens with one attached hydrogen (secondary N) is 1. The van der Waals surface area contributed by atoms with Crippen LogP contribution in [0.3, 0.4) is 0 Å². The maximum atomic E-state index is 11.8. The number of hydrogen-bond donors (Lipinski definition) is 2. The monoisotopic (exact) mass is 240 g/mol. The molecule has 5 nitrogen and oxygen atoms in total. The average molecular weight is 240 g/mol. The molecule has 2 amide bonds. The van der Waals surface area contributed by atoms with Crippen LogP contribution in [0.4, 0.5) is 4.79 Å². The molecule has 0 bridgehead atoms. The van der Waals surface area contributed by atoms with Gasteiger partial charge in [0, 0.05) is 6.54 Å². The van der Waals surface area contributed by atoms with Crippen LogP contribution in [-0.4, -0.2) is 41.1 Å². The van der Waals surface area contributed by atoms with E-state index in [1.54, 1.807) is 13.8 Å². The van der Waals surface area contributed by atoms with Crippen LogP contribution in [-0.2, 0) is 4.79 Å². The molecule has 5 heteroatoms. The molecule has 0 aliphatic heterocycles. The number of carbonyl (C=O) groups excluding carboxylic acids is 1. The third-order valence-electron chi connectivity index (χ3n) is 2.71. The predicted molar refractivity (Wildman–Crippen MR) is 65.5 cm³/mol. The highest BCUT2D eigenvalue weighted by molar-refractivity contribution is 5.82. The van der Waals surface area contributed by atoms with E-state index >= 15 is 0 Å². The SMILES string of the molecule is C#CCN(CC)C(=O)NC(C(=O)O)C(C)CC. The van der Waals surface area contributed by atoms with Crippen molar-refractivity contribution in [1.29, 1.82) is 0 Å². The van der Waals surface area contributed by atoms with Gasteiger partial charge < -0.3 is 15.3 Å². The Labute approximate surface area is 102 Å². The smallest absolute Gasteiger partial charge is 0.326 e. The molecule has 17 heavy (non-hydrogen) atoms. The number of aliphatic carboxylic acids is 1. The Bertz CT molecular complexity index is 309. The second kappa shape index (κ2) is 7.55. The van der Waals surface area contributed by atoms with Crippen molar-refractivity contribution in [3.63, 3.8) is 0 Å². The largest absolute Gasteiger partial charge is 0.480 e. The second-order valence-corrected chi connectivity index (χ2v) is 3.87. The number of carboxylic acids is 1. The zero-order chi connectivity index (χ0) is 13.4. The lowest BCUT2D eigenvalue weighted by Crippen LogP contribution is -2.50. The average Bonchev–Trinajstić information content (AvgIpc) is 2.31. The lowest BCUT2D eigenvalue weighted by atomic mass is 9.99. The summed E-state index contributed by atoms with van der Waals surface area (Å²) in [7, 11) is 0. The molecule has 0 saturated carbocycles. The Balaban J connectivity index is 4.60. The Kier molecular flexibility index (Phi) is 6.80. The van der Waals surface area contributed by atoms with Crippen molar-refractivity contribution < 1.29 is 14.7 Å². The Morgan fingerprint density at radius 1 is 1.47 bits per heavy atom. The number of carboxylic acid groups (broad SMARTS) is 1. The molecule has 0 aromatic heterocycles. The molecule has 0 aliphatic rings. The van der Waals surface area contributed by atoms with E-state index in [1.165, 1.54) is 4.90 Å². The fraction of sp³-hybridized carbons (Fsp3) is 0.667. The standard InChI is InChI=1S/C12H20N2O3/c1-5-8-14(7-3)12(17)13-10(11(15)16)9(4)6-2/h1,9-10H,6-8H2,2-4H3,(H,13,17)(H,15,16). The molecular formula is C12H20N2O3. The number of carbonyl (C=O) groups is 2. The van der Waals surface area contributed by atoms with Crippen LogP contribution in [0.1, 0.15) is 27.2 Å². The minimum atomic E-state index is -1.02. The lowest BCUT2D eigenvalue weighted by molar-refractivity contribution is -0.140. The highest BCUT2D eigenvalue weighted by atomic mass is 16.4.